The highest BCUT2D eigenvalue weighted by atomic mass is 35.5. The van der Waals surface area contributed by atoms with Crippen molar-refractivity contribution in [2.24, 2.45) is 0 Å². The van der Waals surface area contributed by atoms with Gasteiger partial charge < -0.3 is 15.5 Å². The molecule has 0 unspecified atom stereocenters. The van der Waals surface area contributed by atoms with E-state index in [0.29, 0.717) is 5.02 Å². The molecule has 0 radical (unpaired) electrons. The predicted molar refractivity (Wildman–Crippen MR) is 99.8 cm³/mol. The fraction of sp³-hybridized carbons (Fsp3) is 0.278. The summed E-state index contributed by atoms with van der Waals surface area (Å²) in [4.78, 5) is 27.3. The summed E-state index contributed by atoms with van der Waals surface area (Å²) in [5, 5.41) is 31.2. The number of hydroxylamine groups is 1. The number of amides is 2. The molecule has 0 fully saturated rings. The van der Waals surface area contributed by atoms with Gasteiger partial charge in [0.2, 0.25) is 0 Å². The van der Waals surface area contributed by atoms with Crippen LogP contribution in [-0.2, 0) is 13.2 Å². The summed E-state index contributed by atoms with van der Waals surface area (Å²) in [5.74, 6) is -2.34. The lowest BCUT2D eigenvalue weighted by molar-refractivity contribution is 0.0696. The number of hydrogen-bond donors (Lipinski definition) is 5. The van der Waals surface area contributed by atoms with Crippen LogP contribution in [-0.4, -0.2) is 32.2 Å². The molecule has 2 amide bonds. The topological polar surface area (TPSA) is 132 Å². The first-order valence-corrected chi connectivity index (χ1v) is 8.56. The third kappa shape index (κ3) is 5.40. The minimum absolute atomic E-state index is 0.0901. The Morgan fingerprint density at radius 2 is 1.89 bits per heavy atom. The van der Waals surface area contributed by atoms with Crippen LogP contribution >= 0.6 is 11.6 Å². The minimum Gasteiger partial charge on any atom is -0.505 e. The largest absolute Gasteiger partial charge is 0.505 e. The van der Waals surface area contributed by atoms with Crippen LogP contribution in [0.4, 0.5) is 0 Å². The van der Waals surface area contributed by atoms with E-state index in [9.17, 15) is 19.8 Å². The summed E-state index contributed by atoms with van der Waals surface area (Å²) in [6.45, 7) is 5.33. The third-order valence-corrected chi connectivity index (χ3v) is 3.97. The number of halogens is 1. The molecular formula is C18H22ClN3O5. The van der Waals surface area contributed by atoms with Crippen molar-refractivity contribution < 1.29 is 25.0 Å². The summed E-state index contributed by atoms with van der Waals surface area (Å²) in [7, 11) is 0. The van der Waals surface area contributed by atoms with Crippen molar-refractivity contribution in [2.45, 2.75) is 33.9 Å². The van der Waals surface area contributed by atoms with Gasteiger partial charge in [0.05, 0.1) is 12.2 Å². The van der Waals surface area contributed by atoms with Crippen LogP contribution in [0.1, 0.15) is 51.4 Å². The molecule has 1 heterocycles. The lowest BCUT2D eigenvalue weighted by atomic mass is 10.1. The van der Waals surface area contributed by atoms with Crippen LogP contribution in [0.5, 0.6) is 5.75 Å². The number of pyridine rings is 1. The van der Waals surface area contributed by atoms with E-state index in [4.69, 9.17) is 16.8 Å². The van der Waals surface area contributed by atoms with Gasteiger partial charge >= 0.3 is 0 Å². The molecule has 9 heteroatoms. The van der Waals surface area contributed by atoms with E-state index < -0.39 is 29.9 Å². The molecule has 2 aromatic rings. The van der Waals surface area contributed by atoms with E-state index in [0.717, 1.165) is 17.3 Å². The Bertz CT molecular complexity index is 827. The van der Waals surface area contributed by atoms with Crippen LogP contribution in [0.3, 0.4) is 0 Å². The van der Waals surface area contributed by atoms with Crippen molar-refractivity contribution in [1.82, 2.24) is 15.8 Å². The molecule has 27 heavy (non-hydrogen) atoms. The molecule has 0 saturated heterocycles. The van der Waals surface area contributed by atoms with Gasteiger partial charge in [0.15, 0.2) is 11.4 Å². The van der Waals surface area contributed by atoms with Gasteiger partial charge in [-0.3, -0.25) is 14.8 Å². The van der Waals surface area contributed by atoms with Crippen molar-refractivity contribution >= 4 is 23.4 Å². The fourth-order valence-electron chi connectivity index (χ4n) is 2.14. The number of aryl methyl sites for hydroxylation is 1. The Labute approximate surface area is 161 Å². The quantitative estimate of drug-likeness (QED) is 0.390. The molecule has 2 rings (SSSR count). The maximum absolute atomic E-state index is 12.3. The summed E-state index contributed by atoms with van der Waals surface area (Å²) in [5.41, 5.74) is 2.23. The van der Waals surface area contributed by atoms with Crippen molar-refractivity contribution in [1.29, 1.82) is 0 Å². The highest BCUT2D eigenvalue weighted by Crippen LogP contribution is 2.24. The lowest BCUT2D eigenvalue weighted by Crippen LogP contribution is -2.26. The van der Waals surface area contributed by atoms with Crippen molar-refractivity contribution in [2.75, 3.05) is 0 Å². The average molecular weight is 396 g/mol. The molecule has 1 aromatic carbocycles. The molecule has 146 valence electrons. The Morgan fingerprint density at radius 1 is 1.22 bits per heavy atom. The van der Waals surface area contributed by atoms with Crippen molar-refractivity contribution in [3.8, 4) is 5.75 Å². The van der Waals surface area contributed by atoms with Gasteiger partial charge in [0.25, 0.3) is 11.8 Å². The molecule has 0 spiro atoms. The zero-order valence-corrected chi connectivity index (χ0v) is 16.0. The summed E-state index contributed by atoms with van der Waals surface area (Å²) < 4.78 is 0. The number of aliphatic hydroxyl groups is 1. The number of rotatable bonds is 5. The van der Waals surface area contributed by atoms with Gasteiger partial charge in [-0.1, -0.05) is 37.6 Å². The maximum Gasteiger partial charge on any atom is 0.297 e. The van der Waals surface area contributed by atoms with E-state index in [1.807, 2.05) is 26.8 Å². The van der Waals surface area contributed by atoms with E-state index in [1.54, 1.807) is 12.1 Å². The van der Waals surface area contributed by atoms with Crippen molar-refractivity contribution in [3.05, 3.63) is 57.4 Å². The first-order valence-electron chi connectivity index (χ1n) is 8.18. The number of aromatic nitrogens is 1. The normalized spacial score (nSPS) is 9.85. The number of carbonyl (C=O) groups excluding carboxylic acids is 2. The molecule has 5 N–H and O–H groups in total. The zero-order valence-electron chi connectivity index (χ0n) is 15.2. The highest BCUT2D eigenvalue weighted by molar-refractivity contribution is 6.31. The first-order chi connectivity index (χ1) is 12.9. The summed E-state index contributed by atoms with van der Waals surface area (Å²) >= 11 is 6.03. The zero-order chi connectivity index (χ0) is 20.6. The number of benzene rings is 1. The smallest absolute Gasteiger partial charge is 0.297 e. The van der Waals surface area contributed by atoms with E-state index >= 15 is 0 Å². The van der Waals surface area contributed by atoms with Gasteiger partial charge in [-0.2, -0.15) is 0 Å². The van der Waals surface area contributed by atoms with Crippen molar-refractivity contribution in [3.63, 3.8) is 0 Å². The minimum atomic E-state index is -1.06. The Balaban J connectivity index is 0.00000176. The Morgan fingerprint density at radius 3 is 2.44 bits per heavy atom. The third-order valence-electron chi connectivity index (χ3n) is 3.57. The van der Waals surface area contributed by atoms with E-state index in [2.05, 4.69) is 10.3 Å². The molecule has 1 aromatic heterocycles. The number of nitrogens with zero attached hydrogens (tertiary/aromatic N) is 1. The second kappa shape index (κ2) is 10.5. The van der Waals surface area contributed by atoms with Crippen LogP contribution in [0.2, 0.25) is 5.02 Å². The monoisotopic (exact) mass is 395 g/mol. The van der Waals surface area contributed by atoms with Gasteiger partial charge in [0.1, 0.15) is 0 Å². The van der Waals surface area contributed by atoms with Crippen LogP contribution in [0.15, 0.2) is 24.4 Å². The highest BCUT2D eigenvalue weighted by Gasteiger charge is 2.22. The Hall–Kier alpha value is -2.68. The number of aromatic hydroxyl groups is 1. The second-order valence-electron chi connectivity index (χ2n) is 5.21. The second-order valence-corrected chi connectivity index (χ2v) is 5.62. The standard InChI is InChI=1S/C16H16ClN3O5.C2H6/c1-8-2-3-9(4-12(8)17)5-19-15(23)10-6-18-13(16(24)20-25)14(22)11(10)7-21;1-2/h2-4,6,21-22,25H,5,7H2,1H3,(H,19,23)(H,20,24);1-2H3. The van der Waals surface area contributed by atoms with Crippen LogP contribution in [0.25, 0.3) is 0 Å². The molecule has 8 nitrogen and oxygen atoms in total. The van der Waals surface area contributed by atoms with Crippen LogP contribution in [0, 0.1) is 6.92 Å². The average Bonchev–Trinajstić information content (AvgIpc) is 2.69. The van der Waals surface area contributed by atoms with Gasteiger partial charge in [0, 0.05) is 23.3 Å². The Kier molecular flexibility index (Phi) is 8.67. The number of aliphatic hydroxyl groups excluding tert-OH is 1. The summed E-state index contributed by atoms with van der Waals surface area (Å²) in [6.07, 6.45) is 1.04. The molecule has 0 bridgehead atoms. The fourth-order valence-corrected chi connectivity index (χ4v) is 2.34. The van der Waals surface area contributed by atoms with Gasteiger partial charge in [-0.15, -0.1) is 0 Å². The number of hydrogen-bond acceptors (Lipinski definition) is 6. The molecule has 0 aliphatic heterocycles. The van der Waals surface area contributed by atoms with E-state index in [1.165, 1.54) is 5.48 Å². The van der Waals surface area contributed by atoms with Crippen LogP contribution < -0.4 is 10.8 Å². The molecule has 0 aliphatic carbocycles. The van der Waals surface area contributed by atoms with E-state index in [-0.39, 0.29) is 17.7 Å². The number of nitrogens with one attached hydrogen (secondary N) is 2. The summed E-state index contributed by atoms with van der Waals surface area (Å²) in [6, 6.07) is 5.34. The predicted octanol–water partition coefficient (Wildman–Crippen LogP) is 2.32. The van der Waals surface area contributed by atoms with Gasteiger partial charge in [-0.25, -0.2) is 10.5 Å². The maximum atomic E-state index is 12.3. The molecule has 0 atom stereocenters. The SMILES string of the molecule is CC.Cc1ccc(CNC(=O)c2cnc(C(=O)NO)c(O)c2CO)cc1Cl. The first kappa shape index (κ1) is 22.4. The number of carbonyl (C=O) groups is 2. The molecule has 0 saturated carbocycles. The van der Waals surface area contributed by atoms with Gasteiger partial charge in [-0.05, 0) is 24.1 Å². The molecular weight excluding hydrogens is 374 g/mol. The molecule has 0 aliphatic rings. The lowest BCUT2D eigenvalue weighted by Gasteiger charge is -2.12.